The van der Waals surface area contributed by atoms with Gasteiger partial charge in [-0.1, -0.05) is 6.92 Å². The number of hydrogen-bond acceptors (Lipinski definition) is 10. The van der Waals surface area contributed by atoms with Crippen molar-refractivity contribution < 1.29 is 45.5 Å². The van der Waals surface area contributed by atoms with E-state index < -0.39 is 17.6 Å². The molecule has 0 saturated carbocycles. The second-order valence-electron chi connectivity index (χ2n) is 7.66. The summed E-state index contributed by atoms with van der Waals surface area (Å²) in [5.74, 6) is 0. The first-order valence-electron chi connectivity index (χ1n) is 11.9. The molecule has 2 fully saturated rings. The van der Waals surface area contributed by atoms with Crippen molar-refractivity contribution in [1.82, 2.24) is 0 Å². The molecule has 10 nitrogen and oxygen atoms in total. The van der Waals surface area contributed by atoms with Crippen LogP contribution in [0.2, 0.25) is 6.04 Å². The Labute approximate surface area is 202 Å². The number of ether oxygens (including phenoxy) is 4. The third-order valence-electron chi connectivity index (χ3n) is 5.00. The van der Waals surface area contributed by atoms with Crippen LogP contribution >= 0.6 is 0 Å². The number of hydrogen-bond donors (Lipinski definition) is 0. The minimum Gasteiger partial charge on any atom is -0.376 e. The number of rotatable bonds is 19. The minimum atomic E-state index is -2.73. The van der Waals surface area contributed by atoms with Gasteiger partial charge in [-0.3, -0.25) is 0 Å². The molecule has 12 heteroatoms. The van der Waals surface area contributed by atoms with E-state index in [1.54, 1.807) is 21.3 Å². The lowest BCUT2D eigenvalue weighted by atomic mass is 10.4. The summed E-state index contributed by atoms with van der Waals surface area (Å²) in [6.45, 7) is 14.6. The lowest BCUT2D eigenvalue weighted by molar-refractivity contribution is 0.00134. The van der Waals surface area contributed by atoms with Crippen LogP contribution in [0.4, 0.5) is 0 Å². The fourth-order valence-corrected chi connectivity index (χ4v) is 8.23. The van der Waals surface area contributed by atoms with E-state index in [-0.39, 0.29) is 24.0 Å². The van der Waals surface area contributed by atoms with Gasteiger partial charge < -0.3 is 45.5 Å². The molecule has 4 atom stereocenters. The third kappa shape index (κ3) is 11.1. The minimum absolute atomic E-state index is 0.0584. The Morgan fingerprint density at radius 3 is 1.70 bits per heavy atom. The Kier molecular flexibility index (Phi) is 15.7. The Hall–Kier alpha value is 0.0338. The fraction of sp³-hybridized carbons (Fsp3) is 1.00. The quantitative estimate of drug-likeness (QED) is 0.189. The first kappa shape index (κ1) is 31.1. The third-order valence-corrected chi connectivity index (χ3v) is 11.2. The standard InChI is InChI=1S/C12H26O5Si.C9H20O5Si/c1-5-15-18(16-6-2,17-7-3)10-11(4)13-8-12-9-14-12;1-5-6-13-9(8-7-14-8)15(10-2,11-3)12-4/h11-12H,5-10H2,1-4H3;8-9H,5-7H2,1-4H3. The van der Waals surface area contributed by atoms with Crippen molar-refractivity contribution in [3.63, 3.8) is 0 Å². The van der Waals surface area contributed by atoms with Crippen LogP contribution in [-0.4, -0.2) is 109 Å². The lowest BCUT2D eigenvalue weighted by Crippen LogP contribution is -2.58. The predicted octanol–water partition coefficient (Wildman–Crippen LogP) is 2.44. The van der Waals surface area contributed by atoms with E-state index in [9.17, 15) is 0 Å². The van der Waals surface area contributed by atoms with Crippen LogP contribution in [0.5, 0.6) is 0 Å². The summed E-state index contributed by atoms with van der Waals surface area (Å²) in [4.78, 5) is 0. The van der Waals surface area contributed by atoms with Gasteiger partial charge in [0.05, 0.1) is 25.9 Å². The van der Waals surface area contributed by atoms with Gasteiger partial charge in [-0.15, -0.1) is 0 Å². The molecule has 198 valence electrons. The topological polar surface area (TPSA) is 98.9 Å². The van der Waals surface area contributed by atoms with Crippen LogP contribution in [0.15, 0.2) is 0 Å². The highest BCUT2D eigenvalue weighted by molar-refractivity contribution is 6.62. The van der Waals surface area contributed by atoms with Crippen molar-refractivity contribution in [2.45, 2.75) is 71.1 Å². The van der Waals surface area contributed by atoms with Gasteiger partial charge in [0.2, 0.25) is 0 Å². The van der Waals surface area contributed by atoms with E-state index in [0.717, 1.165) is 13.0 Å². The normalized spacial score (nSPS) is 21.8. The van der Waals surface area contributed by atoms with E-state index in [2.05, 4.69) is 6.92 Å². The van der Waals surface area contributed by atoms with Crippen LogP contribution in [0, 0.1) is 0 Å². The molecule has 0 bridgehead atoms. The monoisotopic (exact) mass is 514 g/mol. The SMILES string of the molecule is CCCOC(C1CO1)[Si](OC)(OC)OC.CCO[Si](CC(C)OCC1CO1)(OCC)OCC. The number of epoxide rings is 2. The average Bonchev–Trinajstić information content (AvgIpc) is 3.71. The molecular formula is C21H46O10Si2. The van der Waals surface area contributed by atoms with Crippen molar-refractivity contribution in [2.24, 2.45) is 0 Å². The zero-order valence-electron chi connectivity index (χ0n) is 21.8. The smallest absolute Gasteiger partial charge is 0.376 e. The summed E-state index contributed by atoms with van der Waals surface area (Å²) >= 11 is 0. The molecule has 33 heavy (non-hydrogen) atoms. The van der Waals surface area contributed by atoms with Crippen LogP contribution in [-0.2, 0) is 45.5 Å². The van der Waals surface area contributed by atoms with E-state index >= 15 is 0 Å². The first-order valence-corrected chi connectivity index (χ1v) is 15.7. The Balaban J connectivity index is 0.000000335. The van der Waals surface area contributed by atoms with Crippen LogP contribution in [0.1, 0.15) is 41.0 Å². The molecule has 2 rings (SSSR count). The summed E-state index contributed by atoms with van der Waals surface area (Å²) in [6.07, 6.45) is 1.36. The van der Waals surface area contributed by atoms with Gasteiger partial charge >= 0.3 is 17.6 Å². The summed E-state index contributed by atoms with van der Waals surface area (Å²) in [6, 6.07) is 0.690. The molecule has 0 radical (unpaired) electrons. The molecule has 0 amide bonds. The Morgan fingerprint density at radius 1 is 0.818 bits per heavy atom. The molecule has 2 saturated heterocycles. The lowest BCUT2D eigenvalue weighted by Gasteiger charge is -2.31. The summed E-state index contributed by atoms with van der Waals surface area (Å²) < 4.78 is 55.3. The molecule has 0 aromatic rings. The highest BCUT2D eigenvalue weighted by Gasteiger charge is 2.56. The maximum absolute atomic E-state index is 5.79. The molecular weight excluding hydrogens is 468 g/mol. The highest BCUT2D eigenvalue weighted by Crippen LogP contribution is 2.27. The van der Waals surface area contributed by atoms with Crippen molar-refractivity contribution in [3.8, 4) is 0 Å². The second-order valence-corrected chi connectivity index (χ2v) is 13.3. The molecule has 0 spiro atoms. The Morgan fingerprint density at radius 2 is 1.33 bits per heavy atom. The maximum atomic E-state index is 5.79. The van der Waals surface area contributed by atoms with Gasteiger partial charge in [0.25, 0.3) is 0 Å². The largest absolute Gasteiger partial charge is 0.533 e. The zero-order chi connectivity index (χ0) is 24.7. The molecule has 2 aliphatic rings. The van der Waals surface area contributed by atoms with Crippen LogP contribution in [0.3, 0.4) is 0 Å². The van der Waals surface area contributed by atoms with Crippen molar-refractivity contribution in [1.29, 1.82) is 0 Å². The van der Waals surface area contributed by atoms with Crippen molar-refractivity contribution in [2.75, 3.05) is 67.6 Å². The summed E-state index contributed by atoms with van der Waals surface area (Å²) in [5, 5.41) is 0. The molecule has 4 unspecified atom stereocenters. The van der Waals surface area contributed by atoms with Crippen molar-refractivity contribution in [3.05, 3.63) is 0 Å². The molecule has 0 aromatic heterocycles. The molecule has 0 N–H and O–H groups in total. The average molecular weight is 515 g/mol. The van der Waals surface area contributed by atoms with E-state index in [0.29, 0.717) is 45.7 Å². The Bertz CT molecular complexity index is 464. The van der Waals surface area contributed by atoms with Crippen LogP contribution in [0.25, 0.3) is 0 Å². The molecule has 0 aliphatic carbocycles. The summed E-state index contributed by atoms with van der Waals surface area (Å²) in [7, 11) is -0.546. The van der Waals surface area contributed by atoms with Crippen LogP contribution < -0.4 is 0 Å². The van der Waals surface area contributed by atoms with E-state index in [4.69, 9.17) is 45.5 Å². The first-order chi connectivity index (χ1) is 15.9. The predicted molar refractivity (Wildman–Crippen MR) is 127 cm³/mol. The summed E-state index contributed by atoms with van der Waals surface area (Å²) in [5.41, 5.74) is -0.211. The highest BCUT2D eigenvalue weighted by atomic mass is 28.4. The van der Waals surface area contributed by atoms with Gasteiger partial charge in [0.1, 0.15) is 12.2 Å². The van der Waals surface area contributed by atoms with E-state index in [1.807, 2.05) is 27.7 Å². The molecule has 2 aliphatic heterocycles. The zero-order valence-corrected chi connectivity index (χ0v) is 23.8. The van der Waals surface area contributed by atoms with Crippen molar-refractivity contribution >= 4 is 17.6 Å². The maximum Gasteiger partial charge on any atom is 0.533 e. The fourth-order valence-electron chi connectivity index (χ4n) is 3.32. The van der Waals surface area contributed by atoms with Gasteiger partial charge in [-0.25, -0.2) is 0 Å². The van der Waals surface area contributed by atoms with Gasteiger partial charge in [0.15, 0.2) is 5.73 Å². The second kappa shape index (κ2) is 16.7. The van der Waals surface area contributed by atoms with Gasteiger partial charge in [0, 0.05) is 53.8 Å². The van der Waals surface area contributed by atoms with Gasteiger partial charge in [-0.05, 0) is 34.1 Å². The van der Waals surface area contributed by atoms with E-state index in [1.165, 1.54) is 0 Å². The van der Waals surface area contributed by atoms with Gasteiger partial charge in [-0.2, -0.15) is 0 Å². The molecule has 0 aromatic carbocycles. The molecule has 2 heterocycles.